The third-order valence-corrected chi connectivity index (χ3v) is 2.81. The Morgan fingerprint density at radius 1 is 1.38 bits per heavy atom. The number of rotatable bonds is 3. The van der Waals surface area contributed by atoms with E-state index in [2.05, 4.69) is 0 Å². The molecule has 0 aromatic heterocycles. The summed E-state index contributed by atoms with van der Waals surface area (Å²) >= 11 is 5.90. The Balaban J connectivity index is 2.49. The van der Waals surface area contributed by atoms with Crippen LogP contribution < -0.4 is 0 Å². The number of alkyl halides is 1. The Hall–Kier alpha value is -0.320. The second-order valence-corrected chi connectivity index (χ2v) is 5.56. The van der Waals surface area contributed by atoms with Crippen LogP contribution in [-0.4, -0.2) is 46.3 Å². The lowest BCUT2D eigenvalue weighted by Gasteiger charge is -2.28. The van der Waals surface area contributed by atoms with E-state index in [1.807, 2.05) is 4.90 Å². The Labute approximate surface area is 102 Å². The van der Waals surface area contributed by atoms with Gasteiger partial charge in [-0.15, -0.1) is 11.6 Å². The molecule has 0 spiro atoms. The molecule has 0 aromatic rings. The predicted octanol–water partition coefficient (Wildman–Crippen LogP) is 1.35. The maximum Gasteiger partial charge on any atom is 0.328 e. The predicted molar refractivity (Wildman–Crippen MR) is 62.3 cm³/mol. The van der Waals surface area contributed by atoms with Gasteiger partial charge in [-0.05, 0) is 33.6 Å². The number of esters is 1. The number of ether oxygens (including phenoxy) is 1. The number of carbonyl (C=O) groups is 1. The van der Waals surface area contributed by atoms with Crippen LogP contribution in [0.3, 0.4) is 0 Å². The Kier molecular flexibility index (Phi) is 4.59. The summed E-state index contributed by atoms with van der Waals surface area (Å²) in [7, 11) is 0. The first-order chi connectivity index (χ1) is 7.31. The van der Waals surface area contributed by atoms with Crippen molar-refractivity contribution in [2.75, 3.05) is 13.1 Å². The highest BCUT2D eigenvalue weighted by Gasteiger charge is 2.33. The van der Waals surface area contributed by atoms with E-state index in [4.69, 9.17) is 16.3 Å². The fraction of sp³-hybridized carbons (Fsp3) is 0.909. The molecule has 0 radical (unpaired) electrons. The molecular formula is C11H20ClNO3. The summed E-state index contributed by atoms with van der Waals surface area (Å²) in [6.45, 7) is 6.89. The second-order valence-electron chi connectivity index (χ2n) is 5.09. The normalized spacial score (nSPS) is 21.8. The molecule has 1 N–H and O–H groups in total. The van der Waals surface area contributed by atoms with Crippen LogP contribution in [0.4, 0.5) is 0 Å². The van der Waals surface area contributed by atoms with Gasteiger partial charge in [0, 0.05) is 13.1 Å². The van der Waals surface area contributed by atoms with Crippen LogP contribution in [-0.2, 0) is 9.53 Å². The summed E-state index contributed by atoms with van der Waals surface area (Å²) in [5.74, 6) is -0.562. The van der Waals surface area contributed by atoms with Gasteiger partial charge in [0.1, 0.15) is 11.8 Å². The molecule has 5 heteroatoms. The Morgan fingerprint density at radius 2 is 1.88 bits per heavy atom. The summed E-state index contributed by atoms with van der Waals surface area (Å²) in [5, 5.41) is 8.86. The molecule has 94 valence electrons. The van der Waals surface area contributed by atoms with Gasteiger partial charge in [0.2, 0.25) is 0 Å². The highest BCUT2D eigenvalue weighted by Crippen LogP contribution is 2.18. The monoisotopic (exact) mass is 249 g/mol. The highest BCUT2D eigenvalue weighted by molar-refractivity contribution is 6.30. The van der Waals surface area contributed by atoms with Crippen LogP contribution in [0, 0.1) is 0 Å². The number of carbonyl (C=O) groups excluding carboxylic acids is 1. The lowest BCUT2D eigenvalue weighted by atomic mass is 10.2. The quantitative estimate of drug-likeness (QED) is 0.606. The van der Waals surface area contributed by atoms with Gasteiger partial charge in [0.25, 0.3) is 0 Å². The van der Waals surface area contributed by atoms with Crippen molar-refractivity contribution in [3.63, 3.8) is 0 Å². The van der Waals surface area contributed by atoms with E-state index in [1.165, 1.54) is 0 Å². The maximum atomic E-state index is 11.6. The van der Waals surface area contributed by atoms with E-state index in [9.17, 15) is 9.90 Å². The van der Waals surface area contributed by atoms with Crippen LogP contribution in [0.1, 0.15) is 33.6 Å². The van der Waals surface area contributed by atoms with Crippen molar-refractivity contribution >= 4 is 17.6 Å². The minimum absolute atomic E-state index is 0.562. The number of halogens is 1. The smallest absolute Gasteiger partial charge is 0.328 e. The van der Waals surface area contributed by atoms with Crippen molar-refractivity contribution in [2.24, 2.45) is 0 Å². The average molecular weight is 250 g/mol. The molecule has 1 fully saturated rings. The lowest BCUT2D eigenvalue weighted by Crippen LogP contribution is -2.45. The molecule has 0 amide bonds. The Morgan fingerprint density at radius 3 is 2.31 bits per heavy atom. The maximum absolute atomic E-state index is 11.6. The van der Waals surface area contributed by atoms with Gasteiger partial charge in [-0.3, -0.25) is 9.69 Å². The molecule has 1 saturated heterocycles. The molecule has 2 atom stereocenters. The van der Waals surface area contributed by atoms with Crippen molar-refractivity contribution in [1.82, 2.24) is 4.90 Å². The van der Waals surface area contributed by atoms with Gasteiger partial charge < -0.3 is 9.84 Å². The van der Waals surface area contributed by atoms with Gasteiger partial charge >= 0.3 is 5.97 Å². The second kappa shape index (κ2) is 5.34. The molecule has 4 nitrogen and oxygen atoms in total. The first-order valence-corrected chi connectivity index (χ1v) is 6.04. The zero-order valence-corrected chi connectivity index (χ0v) is 10.8. The fourth-order valence-electron chi connectivity index (χ4n) is 1.67. The minimum atomic E-state index is -1.02. The number of hydrogen-bond donors (Lipinski definition) is 1. The van der Waals surface area contributed by atoms with E-state index in [0.29, 0.717) is 0 Å². The minimum Gasteiger partial charge on any atom is -0.459 e. The number of aliphatic hydroxyl groups excluding tert-OH is 1. The number of hydrogen-bond acceptors (Lipinski definition) is 4. The zero-order valence-electron chi connectivity index (χ0n) is 10.1. The molecule has 1 aliphatic rings. The first-order valence-electron chi connectivity index (χ1n) is 5.60. The molecule has 0 aromatic carbocycles. The van der Waals surface area contributed by atoms with Gasteiger partial charge in [0.15, 0.2) is 5.38 Å². The van der Waals surface area contributed by atoms with Gasteiger partial charge in [0.05, 0.1) is 0 Å². The topological polar surface area (TPSA) is 49.8 Å². The van der Waals surface area contributed by atoms with Crippen molar-refractivity contribution in [3.05, 3.63) is 0 Å². The molecule has 1 rings (SSSR count). The van der Waals surface area contributed by atoms with Crippen molar-refractivity contribution in [2.45, 2.75) is 50.8 Å². The molecule has 0 saturated carbocycles. The van der Waals surface area contributed by atoms with Crippen molar-refractivity contribution in [1.29, 1.82) is 0 Å². The van der Waals surface area contributed by atoms with Crippen LogP contribution in [0.15, 0.2) is 0 Å². The van der Waals surface area contributed by atoms with Gasteiger partial charge in [-0.1, -0.05) is 0 Å². The standard InChI is InChI=1S/C11H20ClNO3/c1-11(2,3)16-10(15)8(12)9(14)13-6-4-5-7-13/h8-9,14H,4-7H2,1-3H3/t8-,9-/m0/s1. The van der Waals surface area contributed by atoms with Gasteiger partial charge in [-0.25, -0.2) is 0 Å². The van der Waals surface area contributed by atoms with Crippen molar-refractivity contribution in [3.8, 4) is 0 Å². The van der Waals surface area contributed by atoms with Crippen molar-refractivity contribution < 1.29 is 14.6 Å². The summed E-state index contributed by atoms with van der Waals surface area (Å²) in [6, 6.07) is 0. The van der Waals surface area contributed by atoms with E-state index in [0.717, 1.165) is 25.9 Å². The fourth-order valence-corrected chi connectivity index (χ4v) is 1.87. The number of likely N-dealkylation sites (tertiary alicyclic amines) is 1. The SMILES string of the molecule is CC(C)(C)OC(=O)[C@@H](Cl)[C@H](O)N1CCCC1. The van der Waals surface area contributed by atoms with E-state index >= 15 is 0 Å². The third kappa shape index (κ3) is 3.92. The molecule has 0 unspecified atom stereocenters. The summed E-state index contributed by atoms with van der Waals surface area (Å²) < 4.78 is 5.12. The van der Waals surface area contributed by atoms with E-state index in [1.54, 1.807) is 20.8 Å². The van der Waals surface area contributed by atoms with Crippen LogP contribution in [0.25, 0.3) is 0 Å². The van der Waals surface area contributed by atoms with E-state index in [-0.39, 0.29) is 0 Å². The first kappa shape index (κ1) is 13.7. The van der Waals surface area contributed by atoms with Crippen LogP contribution >= 0.6 is 11.6 Å². The van der Waals surface area contributed by atoms with Crippen LogP contribution in [0.2, 0.25) is 0 Å². The van der Waals surface area contributed by atoms with Gasteiger partial charge in [-0.2, -0.15) is 0 Å². The zero-order chi connectivity index (χ0) is 12.3. The molecular weight excluding hydrogens is 230 g/mol. The summed E-state index contributed by atoms with van der Waals surface area (Å²) in [5.41, 5.74) is -0.574. The molecule has 16 heavy (non-hydrogen) atoms. The molecule has 0 bridgehead atoms. The number of nitrogens with zero attached hydrogens (tertiary/aromatic N) is 1. The summed E-state index contributed by atoms with van der Waals surface area (Å²) in [4.78, 5) is 13.4. The van der Waals surface area contributed by atoms with E-state index < -0.39 is 23.2 Å². The third-order valence-electron chi connectivity index (χ3n) is 2.41. The average Bonchev–Trinajstić information content (AvgIpc) is 2.65. The highest BCUT2D eigenvalue weighted by atomic mass is 35.5. The largest absolute Gasteiger partial charge is 0.459 e. The van der Waals surface area contributed by atoms with Crippen LogP contribution in [0.5, 0.6) is 0 Å². The summed E-state index contributed by atoms with van der Waals surface area (Å²) in [6.07, 6.45) is 1.13. The molecule has 1 aliphatic heterocycles. The molecule has 1 heterocycles. The lowest BCUT2D eigenvalue weighted by molar-refractivity contribution is -0.159. The molecule has 0 aliphatic carbocycles. The Bertz CT molecular complexity index is 246. The number of aliphatic hydroxyl groups is 1.